The van der Waals surface area contributed by atoms with Crippen molar-refractivity contribution in [3.63, 3.8) is 0 Å². The summed E-state index contributed by atoms with van der Waals surface area (Å²) in [5.41, 5.74) is 2.52. The van der Waals surface area contributed by atoms with Crippen molar-refractivity contribution in [3.05, 3.63) is 35.4 Å². The zero-order valence-corrected chi connectivity index (χ0v) is 12.3. The lowest BCUT2D eigenvalue weighted by Gasteiger charge is -2.27. The molecule has 0 saturated carbocycles. The minimum absolute atomic E-state index is 0.0450. The maximum Gasteiger partial charge on any atom is 0.404 e. The first kappa shape index (κ1) is 14.8. The molecule has 118 valence electrons. The lowest BCUT2D eigenvalue weighted by Crippen LogP contribution is -2.42. The minimum atomic E-state index is -1.05. The third kappa shape index (κ3) is 3.22. The number of benzene rings is 1. The summed E-state index contributed by atoms with van der Waals surface area (Å²) >= 11 is 0. The summed E-state index contributed by atoms with van der Waals surface area (Å²) in [6.45, 7) is 0.492. The first-order chi connectivity index (χ1) is 10.6. The van der Waals surface area contributed by atoms with Gasteiger partial charge in [0, 0.05) is 12.6 Å². The van der Waals surface area contributed by atoms with Crippen LogP contribution in [0.15, 0.2) is 24.3 Å². The van der Waals surface area contributed by atoms with Crippen LogP contribution in [0.4, 0.5) is 4.79 Å². The van der Waals surface area contributed by atoms with Crippen molar-refractivity contribution < 1.29 is 14.7 Å². The van der Waals surface area contributed by atoms with Gasteiger partial charge in [0.15, 0.2) is 0 Å². The van der Waals surface area contributed by atoms with E-state index in [2.05, 4.69) is 28.1 Å². The highest BCUT2D eigenvalue weighted by Crippen LogP contribution is 2.29. The highest BCUT2D eigenvalue weighted by molar-refractivity contribution is 5.83. The van der Waals surface area contributed by atoms with Gasteiger partial charge in [0.05, 0.1) is 12.1 Å². The zero-order valence-electron chi connectivity index (χ0n) is 12.3. The average molecular weight is 303 g/mol. The Morgan fingerprint density at radius 2 is 2.05 bits per heavy atom. The van der Waals surface area contributed by atoms with Crippen LogP contribution in [0.25, 0.3) is 0 Å². The number of carbonyl (C=O) groups excluding carboxylic acids is 1. The number of amides is 2. The van der Waals surface area contributed by atoms with Crippen molar-refractivity contribution in [3.8, 4) is 0 Å². The molecule has 6 heteroatoms. The molecule has 0 radical (unpaired) electrons. The van der Waals surface area contributed by atoms with Crippen molar-refractivity contribution in [2.24, 2.45) is 0 Å². The zero-order chi connectivity index (χ0) is 15.5. The molecule has 3 atom stereocenters. The Morgan fingerprint density at radius 3 is 2.86 bits per heavy atom. The molecular formula is C16H21N3O3. The van der Waals surface area contributed by atoms with Gasteiger partial charge in [-0.05, 0) is 36.8 Å². The van der Waals surface area contributed by atoms with E-state index in [9.17, 15) is 9.59 Å². The van der Waals surface area contributed by atoms with E-state index in [4.69, 9.17) is 5.11 Å². The van der Waals surface area contributed by atoms with Gasteiger partial charge < -0.3 is 21.1 Å². The molecule has 0 aromatic heterocycles. The fourth-order valence-corrected chi connectivity index (χ4v) is 3.40. The van der Waals surface area contributed by atoms with Gasteiger partial charge in [0.25, 0.3) is 0 Å². The Hall–Kier alpha value is -2.08. The van der Waals surface area contributed by atoms with Gasteiger partial charge in [-0.2, -0.15) is 0 Å². The third-order valence-corrected chi connectivity index (χ3v) is 4.46. The Bertz CT molecular complexity index is 576. The summed E-state index contributed by atoms with van der Waals surface area (Å²) in [4.78, 5) is 23.1. The van der Waals surface area contributed by atoms with Crippen LogP contribution in [-0.4, -0.2) is 35.7 Å². The lowest BCUT2D eigenvalue weighted by molar-refractivity contribution is -0.123. The van der Waals surface area contributed by atoms with Gasteiger partial charge in [-0.3, -0.25) is 4.79 Å². The molecule has 2 amide bonds. The van der Waals surface area contributed by atoms with Gasteiger partial charge in [0.1, 0.15) is 0 Å². The van der Waals surface area contributed by atoms with Crippen LogP contribution in [0.1, 0.15) is 36.4 Å². The van der Waals surface area contributed by atoms with E-state index in [1.807, 2.05) is 12.1 Å². The Labute approximate surface area is 129 Å². The number of carboxylic acid groups (broad SMARTS) is 1. The smallest absolute Gasteiger partial charge is 0.404 e. The fourth-order valence-electron chi connectivity index (χ4n) is 3.40. The number of nitrogens with one attached hydrogen (secondary N) is 3. The van der Waals surface area contributed by atoms with E-state index < -0.39 is 6.09 Å². The van der Waals surface area contributed by atoms with Crippen molar-refractivity contribution in [1.82, 2.24) is 16.0 Å². The summed E-state index contributed by atoms with van der Waals surface area (Å²) in [6.07, 6.45) is 2.53. The minimum Gasteiger partial charge on any atom is -0.465 e. The molecule has 0 bridgehead atoms. The number of hydrogen-bond donors (Lipinski definition) is 4. The Kier molecular flexibility index (Phi) is 4.29. The molecule has 1 aromatic rings. The summed E-state index contributed by atoms with van der Waals surface area (Å²) in [5.74, 6) is -0.0450. The van der Waals surface area contributed by atoms with Gasteiger partial charge in [-0.25, -0.2) is 4.79 Å². The number of rotatable bonds is 3. The largest absolute Gasteiger partial charge is 0.465 e. The van der Waals surface area contributed by atoms with Crippen LogP contribution in [0.2, 0.25) is 0 Å². The van der Waals surface area contributed by atoms with Gasteiger partial charge >= 0.3 is 6.09 Å². The topological polar surface area (TPSA) is 90.5 Å². The third-order valence-electron chi connectivity index (χ3n) is 4.46. The van der Waals surface area contributed by atoms with Gasteiger partial charge in [0.2, 0.25) is 5.91 Å². The van der Waals surface area contributed by atoms with Crippen molar-refractivity contribution in [2.75, 3.05) is 6.54 Å². The highest BCUT2D eigenvalue weighted by atomic mass is 16.4. The van der Waals surface area contributed by atoms with E-state index in [1.165, 1.54) is 11.1 Å². The van der Waals surface area contributed by atoms with Gasteiger partial charge in [-0.1, -0.05) is 24.3 Å². The van der Waals surface area contributed by atoms with Gasteiger partial charge in [-0.15, -0.1) is 0 Å². The molecule has 6 nitrogen and oxygen atoms in total. The maximum absolute atomic E-state index is 12.4. The summed E-state index contributed by atoms with van der Waals surface area (Å²) in [7, 11) is 0. The summed E-state index contributed by atoms with van der Waals surface area (Å²) < 4.78 is 0. The molecule has 22 heavy (non-hydrogen) atoms. The molecule has 3 rings (SSSR count). The van der Waals surface area contributed by atoms with Crippen molar-refractivity contribution >= 4 is 12.0 Å². The molecular weight excluding hydrogens is 282 g/mol. The Morgan fingerprint density at radius 1 is 1.23 bits per heavy atom. The number of aryl methyl sites for hydroxylation is 1. The molecule has 0 unspecified atom stereocenters. The first-order valence-electron chi connectivity index (χ1n) is 7.74. The monoisotopic (exact) mass is 303 g/mol. The van der Waals surface area contributed by atoms with Crippen LogP contribution in [0, 0.1) is 0 Å². The summed E-state index contributed by atoms with van der Waals surface area (Å²) in [5, 5.41) is 17.4. The molecule has 1 aliphatic carbocycles. The van der Waals surface area contributed by atoms with Crippen molar-refractivity contribution in [1.29, 1.82) is 0 Å². The molecule has 1 saturated heterocycles. The Balaban J connectivity index is 1.60. The van der Waals surface area contributed by atoms with E-state index in [-0.39, 0.29) is 24.0 Å². The summed E-state index contributed by atoms with van der Waals surface area (Å²) in [6, 6.07) is 7.77. The van der Waals surface area contributed by atoms with Crippen LogP contribution < -0.4 is 16.0 Å². The molecule has 1 heterocycles. The van der Waals surface area contributed by atoms with E-state index >= 15 is 0 Å². The number of fused-ring (bicyclic) bond motifs is 1. The molecule has 1 aromatic carbocycles. The predicted molar refractivity (Wildman–Crippen MR) is 81.6 cm³/mol. The van der Waals surface area contributed by atoms with E-state index in [1.54, 1.807) is 0 Å². The van der Waals surface area contributed by atoms with Crippen molar-refractivity contribution in [2.45, 2.75) is 43.8 Å². The number of hydrogen-bond acceptors (Lipinski definition) is 3. The molecule has 2 aliphatic rings. The van der Waals surface area contributed by atoms with E-state index in [0.29, 0.717) is 13.0 Å². The average Bonchev–Trinajstić information content (AvgIpc) is 2.95. The van der Waals surface area contributed by atoms with Crippen LogP contribution in [-0.2, 0) is 11.2 Å². The fraction of sp³-hybridized carbons (Fsp3) is 0.500. The quantitative estimate of drug-likeness (QED) is 0.675. The second-order valence-electron chi connectivity index (χ2n) is 6.00. The number of carbonyl (C=O) groups is 2. The van der Waals surface area contributed by atoms with E-state index in [0.717, 1.165) is 19.3 Å². The SMILES string of the molecule is O=C(O)N[C@@H]1CN[C@H](C(=O)N[C@@H]2CCCc3ccccc32)C1. The molecule has 1 fully saturated rings. The predicted octanol–water partition coefficient (Wildman–Crippen LogP) is 1.18. The second-order valence-corrected chi connectivity index (χ2v) is 6.00. The molecule has 4 N–H and O–H groups in total. The normalized spacial score (nSPS) is 27.0. The molecule has 1 aliphatic heterocycles. The van der Waals surface area contributed by atoms with Crippen LogP contribution in [0.3, 0.4) is 0 Å². The van der Waals surface area contributed by atoms with Crippen LogP contribution in [0.5, 0.6) is 0 Å². The van der Waals surface area contributed by atoms with Crippen LogP contribution >= 0.6 is 0 Å². The highest BCUT2D eigenvalue weighted by Gasteiger charge is 2.32. The molecule has 0 spiro atoms. The first-order valence-corrected chi connectivity index (χ1v) is 7.74. The standard InChI is InChI=1S/C16H21N3O3/c20-15(14-8-11(9-17-14)18-16(21)22)19-13-7-3-5-10-4-1-2-6-12(10)13/h1-2,4,6,11,13-14,17-18H,3,5,7-9H2,(H,19,20)(H,21,22)/t11-,13+,14-/m0/s1. The lowest BCUT2D eigenvalue weighted by atomic mass is 9.87. The second kappa shape index (κ2) is 6.36. The maximum atomic E-state index is 12.4.